The third-order valence-electron chi connectivity index (χ3n) is 4.32. The lowest BCUT2D eigenvalue weighted by Crippen LogP contribution is -2.49. The molecule has 0 aromatic heterocycles. The fraction of sp³-hybridized carbons (Fsp3) is 0.933. The van der Waals surface area contributed by atoms with E-state index >= 15 is 0 Å². The van der Waals surface area contributed by atoms with Gasteiger partial charge in [-0.3, -0.25) is 9.69 Å². The molecule has 0 saturated carbocycles. The van der Waals surface area contributed by atoms with Gasteiger partial charge in [-0.2, -0.15) is 0 Å². The smallest absolute Gasteiger partial charge is 0.236 e. The van der Waals surface area contributed by atoms with Crippen LogP contribution in [0.15, 0.2) is 0 Å². The molecule has 2 unspecified atom stereocenters. The van der Waals surface area contributed by atoms with E-state index < -0.39 is 0 Å². The SMILES string of the molecule is CCN(CC(=O)N1CCOC(C)C1)CC1CCCNC1. The summed E-state index contributed by atoms with van der Waals surface area (Å²) in [5.41, 5.74) is 0. The molecular weight excluding hydrogens is 254 g/mol. The Hall–Kier alpha value is -0.650. The Morgan fingerprint density at radius 1 is 1.50 bits per heavy atom. The van der Waals surface area contributed by atoms with Gasteiger partial charge in [0.25, 0.3) is 0 Å². The summed E-state index contributed by atoms with van der Waals surface area (Å²) in [5, 5.41) is 3.45. The zero-order valence-electron chi connectivity index (χ0n) is 12.9. The molecule has 0 bridgehead atoms. The number of nitrogens with zero attached hydrogens (tertiary/aromatic N) is 2. The molecule has 5 heteroatoms. The molecule has 2 aliphatic heterocycles. The van der Waals surface area contributed by atoms with E-state index in [-0.39, 0.29) is 12.0 Å². The summed E-state index contributed by atoms with van der Waals surface area (Å²) in [7, 11) is 0. The minimum absolute atomic E-state index is 0.172. The van der Waals surface area contributed by atoms with E-state index in [0.29, 0.717) is 19.1 Å². The summed E-state index contributed by atoms with van der Waals surface area (Å²) in [4.78, 5) is 16.6. The number of carbonyl (C=O) groups is 1. The zero-order valence-corrected chi connectivity index (χ0v) is 12.9. The molecule has 2 heterocycles. The van der Waals surface area contributed by atoms with Crippen LogP contribution in [-0.4, -0.2) is 74.2 Å². The molecule has 0 radical (unpaired) electrons. The van der Waals surface area contributed by atoms with E-state index in [1.807, 2.05) is 11.8 Å². The van der Waals surface area contributed by atoms with Crippen molar-refractivity contribution in [2.45, 2.75) is 32.8 Å². The van der Waals surface area contributed by atoms with E-state index in [1.54, 1.807) is 0 Å². The highest BCUT2D eigenvalue weighted by atomic mass is 16.5. The van der Waals surface area contributed by atoms with Crippen molar-refractivity contribution in [2.24, 2.45) is 5.92 Å². The molecule has 2 aliphatic rings. The molecule has 2 saturated heterocycles. The predicted octanol–water partition coefficient (Wildman–Crippen LogP) is 0.555. The van der Waals surface area contributed by atoms with Crippen LogP contribution in [-0.2, 0) is 9.53 Å². The predicted molar refractivity (Wildman–Crippen MR) is 79.7 cm³/mol. The number of piperidine rings is 1. The van der Waals surface area contributed by atoms with Crippen LogP contribution in [0.25, 0.3) is 0 Å². The Labute approximate surface area is 122 Å². The first kappa shape index (κ1) is 15.7. The number of likely N-dealkylation sites (N-methyl/N-ethyl adjacent to an activating group) is 1. The van der Waals surface area contributed by atoms with Crippen LogP contribution in [0.3, 0.4) is 0 Å². The molecule has 0 aliphatic carbocycles. The van der Waals surface area contributed by atoms with Crippen molar-refractivity contribution in [1.29, 1.82) is 0 Å². The number of carbonyl (C=O) groups excluding carboxylic acids is 1. The summed E-state index contributed by atoms with van der Waals surface area (Å²) < 4.78 is 5.50. The third kappa shape index (κ3) is 4.72. The molecule has 5 nitrogen and oxygen atoms in total. The highest BCUT2D eigenvalue weighted by Gasteiger charge is 2.24. The quantitative estimate of drug-likeness (QED) is 0.800. The van der Waals surface area contributed by atoms with Crippen molar-refractivity contribution in [3.8, 4) is 0 Å². The van der Waals surface area contributed by atoms with Crippen LogP contribution in [0.4, 0.5) is 0 Å². The Balaban J connectivity index is 1.77. The third-order valence-corrected chi connectivity index (χ3v) is 4.32. The first-order valence-corrected chi connectivity index (χ1v) is 8.01. The summed E-state index contributed by atoms with van der Waals surface area (Å²) >= 11 is 0. The van der Waals surface area contributed by atoms with Crippen LogP contribution in [0.1, 0.15) is 26.7 Å². The Kier molecular flexibility index (Phi) is 6.26. The fourth-order valence-corrected chi connectivity index (χ4v) is 3.09. The number of hydrogen-bond acceptors (Lipinski definition) is 4. The molecule has 0 aromatic rings. The lowest BCUT2D eigenvalue weighted by molar-refractivity contribution is -0.139. The first-order valence-electron chi connectivity index (χ1n) is 8.01. The van der Waals surface area contributed by atoms with Gasteiger partial charge < -0.3 is 15.0 Å². The molecule has 0 spiro atoms. The maximum Gasteiger partial charge on any atom is 0.236 e. The van der Waals surface area contributed by atoms with E-state index in [9.17, 15) is 4.79 Å². The Morgan fingerprint density at radius 3 is 3.00 bits per heavy atom. The topological polar surface area (TPSA) is 44.8 Å². The normalized spacial score (nSPS) is 27.9. The number of morpholine rings is 1. The van der Waals surface area contributed by atoms with Crippen LogP contribution in [0, 0.1) is 5.92 Å². The van der Waals surface area contributed by atoms with E-state index in [0.717, 1.165) is 39.3 Å². The molecule has 0 aromatic carbocycles. The minimum Gasteiger partial charge on any atom is -0.375 e. The summed E-state index contributed by atoms with van der Waals surface area (Å²) in [5.74, 6) is 0.950. The standard InChI is InChI=1S/C15H29N3O2/c1-3-17(11-14-5-4-6-16-9-14)12-15(19)18-7-8-20-13(2)10-18/h13-14,16H,3-12H2,1-2H3. The molecule has 116 valence electrons. The number of ether oxygens (including phenoxy) is 1. The minimum atomic E-state index is 0.172. The van der Waals surface area contributed by atoms with Gasteiger partial charge in [0, 0.05) is 19.6 Å². The Bertz CT molecular complexity index is 305. The van der Waals surface area contributed by atoms with Crippen molar-refractivity contribution >= 4 is 5.91 Å². The lowest BCUT2D eigenvalue weighted by atomic mass is 9.99. The van der Waals surface area contributed by atoms with Gasteiger partial charge in [0.15, 0.2) is 0 Å². The maximum atomic E-state index is 12.4. The summed E-state index contributed by atoms with van der Waals surface area (Å²) in [6.07, 6.45) is 2.72. The van der Waals surface area contributed by atoms with E-state index in [2.05, 4.69) is 17.1 Å². The van der Waals surface area contributed by atoms with Crippen LogP contribution in [0.5, 0.6) is 0 Å². The van der Waals surface area contributed by atoms with Gasteiger partial charge in [0.2, 0.25) is 5.91 Å². The molecule has 2 fully saturated rings. The first-order chi connectivity index (χ1) is 9.69. The summed E-state index contributed by atoms with van der Waals surface area (Å²) in [6, 6.07) is 0. The lowest BCUT2D eigenvalue weighted by Gasteiger charge is -2.34. The molecule has 1 N–H and O–H groups in total. The maximum absolute atomic E-state index is 12.4. The van der Waals surface area contributed by atoms with Gasteiger partial charge in [0.1, 0.15) is 0 Å². The van der Waals surface area contributed by atoms with Crippen LogP contribution < -0.4 is 5.32 Å². The summed E-state index contributed by atoms with van der Waals surface area (Å²) in [6.45, 7) is 11.1. The number of nitrogens with one attached hydrogen (secondary N) is 1. The van der Waals surface area contributed by atoms with Gasteiger partial charge in [-0.1, -0.05) is 6.92 Å². The van der Waals surface area contributed by atoms with Crippen molar-refractivity contribution in [3.05, 3.63) is 0 Å². The van der Waals surface area contributed by atoms with Crippen molar-refractivity contribution < 1.29 is 9.53 Å². The molecule has 2 rings (SSSR count). The number of amides is 1. The average Bonchev–Trinajstić information content (AvgIpc) is 2.47. The second-order valence-electron chi connectivity index (χ2n) is 6.06. The number of rotatable bonds is 5. The van der Waals surface area contributed by atoms with Gasteiger partial charge in [0.05, 0.1) is 19.3 Å². The monoisotopic (exact) mass is 283 g/mol. The van der Waals surface area contributed by atoms with Crippen LogP contribution >= 0.6 is 0 Å². The van der Waals surface area contributed by atoms with Gasteiger partial charge in [-0.25, -0.2) is 0 Å². The zero-order chi connectivity index (χ0) is 14.4. The highest BCUT2D eigenvalue weighted by molar-refractivity contribution is 5.78. The van der Waals surface area contributed by atoms with Gasteiger partial charge in [-0.15, -0.1) is 0 Å². The second kappa shape index (κ2) is 7.96. The molecule has 2 atom stereocenters. The van der Waals surface area contributed by atoms with Gasteiger partial charge >= 0.3 is 0 Å². The molecule has 1 amide bonds. The van der Waals surface area contributed by atoms with E-state index in [4.69, 9.17) is 4.74 Å². The van der Waals surface area contributed by atoms with Crippen LogP contribution in [0.2, 0.25) is 0 Å². The fourth-order valence-electron chi connectivity index (χ4n) is 3.09. The molecular formula is C15H29N3O2. The largest absolute Gasteiger partial charge is 0.375 e. The highest BCUT2D eigenvalue weighted by Crippen LogP contribution is 2.12. The average molecular weight is 283 g/mol. The van der Waals surface area contributed by atoms with Crippen molar-refractivity contribution in [3.63, 3.8) is 0 Å². The van der Waals surface area contributed by atoms with E-state index in [1.165, 1.54) is 12.8 Å². The second-order valence-corrected chi connectivity index (χ2v) is 6.06. The number of hydrogen-bond donors (Lipinski definition) is 1. The Morgan fingerprint density at radius 2 is 2.35 bits per heavy atom. The van der Waals surface area contributed by atoms with Gasteiger partial charge in [-0.05, 0) is 45.3 Å². The van der Waals surface area contributed by atoms with Crippen molar-refractivity contribution in [1.82, 2.24) is 15.1 Å². The van der Waals surface area contributed by atoms with Crippen molar-refractivity contribution in [2.75, 3.05) is 52.4 Å². The molecule has 20 heavy (non-hydrogen) atoms.